The Morgan fingerprint density at radius 3 is 1.63 bits per heavy atom. The van der Waals surface area contributed by atoms with E-state index in [2.05, 4.69) is 208 Å². The fraction of sp³-hybridized carbons (Fsp3) is 0.214. The van der Waals surface area contributed by atoms with Gasteiger partial charge in [0.1, 0.15) is 23.0 Å². The van der Waals surface area contributed by atoms with Crippen LogP contribution in [0.4, 0.5) is 0 Å². The molecule has 8 aromatic carbocycles. The lowest BCUT2D eigenvalue weighted by Crippen LogP contribution is -2.57. The summed E-state index contributed by atoms with van der Waals surface area (Å²) in [5.41, 5.74) is 14.4. The van der Waals surface area contributed by atoms with E-state index in [1.807, 2.05) is 0 Å². The van der Waals surface area contributed by atoms with Crippen LogP contribution in [0.1, 0.15) is 79.0 Å². The fourth-order valence-electron chi connectivity index (χ4n) is 9.29. The van der Waals surface area contributed by atoms with Crippen LogP contribution < -0.4 is 25.9 Å². The van der Waals surface area contributed by atoms with E-state index in [0.717, 1.165) is 39.6 Å². The molecule has 290 valence electrons. The van der Waals surface area contributed by atoms with Crippen molar-refractivity contribution in [3.63, 3.8) is 0 Å². The van der Waals surface area contributed by atoms with Gasteiger partial charge in [-0.25, -0.2) is 0 Å². The van der Waals surface area contributed by atoms with Gasteiger partial charge in [-0.2, -0.15) is 0 Å². The van der Waals surface area contributed by atoms with Crippen LogP contribution in [0.15, 0.2) is 146 Å². The summed E-state index contributed by atoms with van der Waals surface area (Å²) in [7, 11) is 0. The summed E-state index contributed by atoms with van der Waals surface area (Å²) in [4.78, 5) is 0. The first-order valence-corrected chi connectivity index (χ1v) is 21.1. The van der Waals surface area contributed by atoms with E-state index in [1.54, 1.807) is 0 Å². The molecule has 2 nitrogen and oxygen atoms in total. The van der Waals surface area contributed by atoms with Gasteiger partial charge < -0.3 is 9.47 Å². The maximum Gasteiger partial charge on any atom is 0.260 e. The minimum atomic E-state index is -0.0214. The summed E-state index contributed by atoms with van der Waals surface area (Å²) in [5, 5.41) is 4.99. The van der Waals surface area contributed by atoms with E-state index in [0.29, 0.717) is 0 Å². The molecule has 0 saturated carbocycles. The maximum atomic E-state index is 7.12. The molecule has 2 aliphatic rings. The molecule has 0 amide bonds. The monoisotopic (exact) mass is 766 g/mol. The smallest absolute Gasteiger partial charge is 0.260 e. The first-order chi connectivity index (χ1) is 28.1. The molecule has 0 radical (unpaired) electrons. The first-order valence-electron chi connectivity index (χ1n) is 21.1. The standard InChI is InChI=1S/C56H51BO2/c1-54(2,3)38-22-20-34(21-23-38)51-42-17-11-10-14-37(42)31-45-41(18-13-19-44(45)51)35-15-12-16-36(30-35)43-26-29-48-52-53(43)59-50-33-40(56(7,8)9)25-28-47(50)57(52)46-27-24-39(55(4,5)6)32-49(46)58-48/h10-33H,1-9H3. The number of hydrogen-bond acceptors (Lipinski definition) is 2. The molecule has 0 aromatic heterocycles. The minimum Gasteiger partial charge on any atom is -0.458 e. The Bertz CT molecular complexity index is 2980. The van der Waals surface area contributed by atoms with Gasteiger partial charge in [-0.05, 0) is 130 Å². The normalized spacial score (nSPS) is 13.4. The molecule has 8 aromatic rings. The third-order valence-corrected chi connectivity index (χ3v) is 12.7. The number of benzene rings is 8. The van der Waals surface area contributed by atoms with Crippen molar-refractivity contribution >= 4 is 44.6 Å². The second-order valence-corrected chi connectivity index (χ2v) is 19.8. The highest BCUT2D eigenvalue weighted by Crippen LogP contribution is 2.45. The zero-order valence-corrected chi connectivity index (χ0v) is 35.8. The Hall–Kier alpha value is -6.06. The average molecular weight is 767 g/mol. The molecule has 0 saturated heterocycles. The van der Waals surface area contributed by atoms with Crippen LogP contribution in [-0.4, -0.2) is 6.71 Å². The highest BCUT2D eigenvalue weighted by molar-refractivity contribution is 6.98. The van der Waals surface area contributed by atoms with Crippen molar-refractivity contribution in [2.75, 3.05) is 0 Å². The summed E-state index contributed by atoms with van der Waals surface area (Å²) >= 11 is 0. The van der Waals surface area contributed by atoms with Gasteiger partial charge in [0.15, 0.2) is 0 Å². The topological polar surface area (TPSA) is 18.5 Å². The number of ether oxygens (including phenoxy) is 2. The summed E-state index contributed by atoms with van der Waals surface area (Å²) in [6, 6.07) is 54.1. The number of hydrogen-bond donors (Lipinski definition) is 0. The van der Waals surface area contributed by atoms with Gasteiger partial charge in [0.2, 0.25) is 0 Å². The van der Waals surface area contributed by atoms with Crippen LogP contribution in [0, 0.1) is 0 Å². The quantitative estimate of drug-likeness (QED) is 0.132. The predicted octanol–water partition coefficient (Wildman–Crippen LogP) is 13.6. The average Bonchev–Trinajstić information content (AvgIpc) is 3.21. The molecular formula is C56H51BO2. The Balaban J connectivity index is 1.14. The van der Waals surface area contributed by atoms with Gasteiger partial charge in [-0.3, -0.25) is 0 Å². The van der Waals surface area contributed by atoms with Crippen LogP contribution in [0.2, 0.25) is 0 Å². The van der Waals surface area contributed by atoms with Gasteiger partial charge in [0.05, 0.1) is 0 Å². The second kappa shape index (κ2) is 13.2. The van der Waals surface area contributed by atoms with Gasteiger partial charge in [0, 0.05) is 11.0 Å². The third-order valence-electron chi connectivity index (χ3n) is 12.7. The zero-order valence-electron chi connectivity index (χ0n) is 35.8. The summed E-state index contributed by atoms with van der Waals surface area (Å²) in [6.45, 7) is 20.4. The van der Waals surface area contributed by atoms with Crippen LogP contribution in [0.5, 0.6) is 23.0 Å². The van der Waals surface area contributed by atoms with Crippen LogP contribution >= 0.6 is 0 Å². The molecule has 0 aliphatic carbocycles. The zero-order chi connectivity index (χ0) is 41.0. The Morgan fingerprint density at radius 1 is 0.390 bits per heavy atom. The molecule has 3 heteroatoms. The molecule has 2 heterocycles. The van der Waals surface area contributed by atoms with Gasteiger partial charge in [-0.1, -0.05) is 172 Å². The number of fused-ring (bicyclic) bond motifs is 6. The van der Waals surface area contributed by atoms with E-state index in [4.69, 9.17) is 9.47 Å². The van der Waals surface area contributed by atoms with Crippen molar-refractivity contribution in [3.05, 3.63) is 162 Å². The van der Waals surface area contributed by atoms with Crippen molar-refractivity contribution in [1.82, 2.24) is 0 Å². The minimum absolute atomic E-state index is 0.00431. The van der Waals surface area contributed by atoms with Crippen LogP contribution in [0.3, 0.4) is 0 Å². The molecule has 0 bridgehead atoms. The van der Waals surface area contributed by atoms with Gasteiger partial charge in [-0.15, -0.1) is 0 Å². The molecule has 0 N–H and O–H groups in total. The molecule has 0 spiro atoms. The van der Waals surface area contributed by atoms with Crippen molar-refractivity contribution in [3.8, 4) is 56.4 Å². The molecule has 0 atom stereocenters. The number of rotatable bonds is 3. The van der Waals surface area contributed by atoms with E-state index < -0.39 is 0 Å². The third kappa shape index (κ3) is 6.25. The Morgan fingerprint density at radius 2 is 0.966 bits per heavy atom. The maximum absolute atomic E-state index is 7.12. The van der Waals surface area contributed by atoms with Crippen LogP contribution in [-0.2, 0) is 16.2 Å². The second-order valence-electron chi connectivity index (χ2n) is 19.8. The first kappa shape index (κ1) is 37.2. The fourth-order valence-corrected chi connectivity index (χ4v) is 9.29. The largest absolute Gasteiger partial charge is 0.458 e. The van der Waals surface area contributed by atoms with Crippen molar-refractivity contribution in [1.29, 1.82) is 0 Å². The molecule has 0 fully saturated rings. The van der Waals surface area contributed by atoms with Crippen molar-refractivity contribution in [2.24, 2.45) is 0 Å². The Kier molecular flexibility index (Phi) is 8.35. The van der Waals surface area contributed by atoms with E-state index in [-0.39, 0.29) is 23.0 Å². The van der Waals surface area contributed by atoms with E-state index in [9.17, 15) is 0 Å². The summed E-state index contributed by atoms with van der Waals surface area (Å²) in [5.74, 6) is 3.58. The van der Waals surface area contributed by atoms with Gasteiger partial charge >= 0.3 is 0 Å². The van der Waals surface area contributed by atoms with E-state index >= 15 is 0 Å². The summed E-state index contributed by atoms with van der Waals surface area (Å²) < 4.78 is 13.9. The lowest BCUT2D eigenvalue weighted by molar-refractivity contribution is 0.462. The van der Waals surface area contributed by atoms with Crippen LogP contribution in [0.25, 0.3) is 54.9 Å². The van der Waals surface area contributed by atoms with E-state index in [1.165, 1.54) is 71.4 Å². The molecule has 2 aliphatic heterocycles. The highest BCUT2D eigenvalue weighted by atomic mass is 16.5. The molecular weight excluding hydrogens is 715 g/mol. The lowest BCUT2D eigenvalue weighted by Gasteiger charge is -2.35. The van der Waals surface area contributed by atoms with Gasteiger partial charge in [0.25, 0.3) is 6.71 Å². The van der Waals surface area contributed by atoms with Crippen molar-refractivity contribution in [2.45, 2.75) is 78.6 Å². The lowest BCUT2D eigenvalue weighted by atomic mass is 9.34. The summed E-state index contributed by atoms with van der Waals surface area (Å²) in [6.07, 6.45) is 0. The van der Waals surface area contributed by atoms with Crippen molar-refractivity contribution < 1.29 is 9.47 Å². The SMILES string of the molecule is CC(C)(C)c1ccc(-c2c3ccccc3cc3c(-c4cccc(-c5ccc6c7c5Oc5cc(C(C)(C)C)ccc5B7c5ccc(C(C)(C)C)cc5O6)c4)cccc23)cc1. The Labute approximate surface area is 349 Å². The molecule has 0 unspecified atom stereocenters. The highest BCUT2D eigenvalue weighted by Gasteiger charge is 2.42. The molecule has 10 rings (SSSR count). The molecule has 59 heavy (non-hydrogen) atoms. The predicted molar refractivity (Wildman–Crippen MR) is 252 cm³/mol.